The summed E-state index contributed by atoms with van der Waals surface area (Å²) >= 11 is 0. The number of alkyl halides is 2. The summed E-state index contributed by atoms with van der Waals surface area (Å²) in [6.45, 7) is 0. The summed E-state index contributed by atoms with van der Waals surface area (Å²) in [5.41, 5.74) is 2.89. The number of aromatic nitrogens is 3. The molecule has 1 heterocycles. The SMILES string of the molecule is NC(=O)/C=C\n1cnc(-c2cc(C(F)F)cc(S(F)(F)(F)(F)F)c2)n1. The van der Waals surface area contributed by atoms with Crippen LogP contribution in [0.2, 0.25) is 0 Å². The van der Waals surface area contributed by atoms with E-state index in [1.54, 1.807) is 0 Å². The number of carbonyl (C=O) groups is 1. The van der Waals surface area contributed by atoms with E-state index < -0.39 is 44.4 Å². The predicted molar refractivity (Wildman–Crippen MR) is 76.3 cm³/mol. The molecule has 13 heteroatoms. The third kappa shape index (κ3) is 4.71. The lowest BCUT2D eigenvalue weighted by molar-refractivity contribution is -0.113. The zero-order valence-electron chi connectivity index (χ0n) is 11.9. The van der Waals surface area contributed by atoms with E-state index in [1.807, 2.05) is 0 Å². The first-order valence-electron chi connectivity index (χ1n) is 6.22. The highest BCUT2D eigenvalue weighted by Crippen LogP contribution is 3.02. The van der Waals surface area contributed by atoms with Gasteiger partial charge >= 0.3 is 10.2 Å². The van der Waals surface area contributed by atoms with Crippen LogP contribution in [0.5, 0.6) is 0 Å². The van der Waals surface area contributed by atoms with Crippen LogP contribution in [0.4, 0.5) is 28.2 Å². The Balaban J connectivity index is 2.59. The van der Waals surface area contributed by atoms with Crippen LogP contribution in [0.15, 0.2) is 35.5 Å². The lowest BCUT2D eigenvalue weighted by Gasteiger charge is -2.40. The normalized spacial score (nSPS) is 15.4. The van der Waals surface area contributed by atoms with Gasteiger partial charge in [-0.25, -0.2) is 18.4 Å². The van der Waals surface area contributed by atoms with Crippen molar-refractivity contribution in [3.8, 4) is 11.4 Å². The Hall–Kier alpha value is -2.57. The fraction of sp³-hybridized carbons (Fsp3) is 0.0833. The van der Waals surface area contributed by atoms with Gasteiger partial charge in [-0.1, -0.05) is 19.4 Å². The van der Waals surface area contributed by atoms with Crippen molar-refractivity contribution in [2.45, 2.75) is 11.3 Å². The highest BCUT2D eigenvalue weighted by Gasteiger charge is 2.65. The van der Waals surface area contributed by atoms with Gasteiger partial charge in [-0.3, -0.25) is 4.79 Å². The van der Waals surface area contributed by atoms with Crippen molar-refractivity contribution in [2.24, 2.45) is 5.73 Å². The molecule has 0 aliphatic heterocycles. The maximum Gasteiger partial charge on any atom is 0.310 e. The van der Waals surface area contributed by atoms with Gasteiger partial charge in [0.1, 0.15) is 11.2 Å². The first-order chi connectivity index (χ1) is 11.2. The van der Waals surface area contributed by atoms with Crippen molar-refractivity contribution in [3.05, 3.63) is 36.2 Å². The summed E-state index contributed by atoms with van der Waals surface area (Å²) in [7, 11) is -10.2. The number of nitrogens with two attached hydrogens (primary N) is 1. The van der Waals surface area contributed by atoms with Gasteiger partial charge < -0.3 is 5.73 Å². The van der Waals surface area contributed by atoms with Crippen molar-refractivity contribution in [3.63, 3.8) is 0 Å². The van der Waals surface area contributed by atoms with E-state index in [-0.39, 0.29) is 12.1 Å². The minimum absolute atomic E-state index is 0.00902. The molecule has 0 fully saturated rings. The molecular weight excluding hydrogens is 381 g/mol. The minimum Gasteiger partial charge on any atom is -0.366 e. The molecule has 2 rings (SSSR count). The third-order valence-corrected chi connectivity index (χ3v) is 3.91. The van der Waals surface area contributed by atoms with Crippen molar-refractivity contribution >= 4 is 22.3 Å². The van der Waals surface area contributed by atoms with E-state index in [9.17, 15) is 33.0 Å². The van der Waals surface area contributed by atoms with Gasteiger partial charge in [-0.15, -0.1) is 5.10 Å². The fourth-order valence-corrected chi connectivity index (χ4v) is 2.44. The second-order valence-electron chi connectivity index (χ2n) is 4.83. The highest BCUT2D eigenvalue weighted by molar-refractivity contribution is 8.45. The summed E-state index contributed by atoms with van der Waals surface area (Å²) in [4.78, 5) is 11.6. The molecule has 0 radical (unpaired) electrons. The van der Waals surface area contributed by atoms with Crippen molar-refractivity contribution < 1.29 is 33.0 Å². The van der Waals surface area contributed by atoms with E-state index in [1.165, 1.54) is 0 Å². The van der Waals surface area contributed by atoms with Crippen LogP contribution < -0.4 is 5.73 Å². The summed E-state index contributed by atoms with van der Waals surface area (Å²) in [6.07, 6.45) is -0.672. The van der Waals surface area contributed by atoms with Gasteiger partial charge in [0.15, 0.2) is 5.82 Å². The molecule has 1 amide bonds. The van der Waals surface area contributed by atoms with Gasteiger partial charge in [0.25, 0.3) is 6.43 Å². The van der Waals surface area contributed by atoms with Gasteiger partial charge in [0, 0.05) is 23.4 Å². The van der Waals surface area contributed by atoms with Crippen LogP contribution in [-0.2, 0) is 4.79 Å². The third-order valence-electron chi connectivity index (χ3n) is 2.78. The number of halogens is 7. The molecule has 138 valence electrons. The Kier molecular flexibility index (Phi) is 3.91. The van der Waals surface area contributed by atoms with Crippen molar-refractivity contribution in [1.82, 2.24) is 14.8 Å². The molecule has 0 aliphatic carbocycles. The fourth-order valence-electron chi connectivity index (χ4n) is 1.73. The molecule has 5 nitrogen and oxygen atoms in total. The van der Waals surface area contributed by atoms with Crippen LogP contribution in [0.3, 0.4) is 0 Å². The van der Waals surface area contributed by atoms with Crippen LogP contribution in [-0.4, -0.2) is 20.7 Å². The molecule has 0 atom stereocenters. The number of nitrogens with zero attached hydrogens (tertiary/aromatic N) is 3. The number of amides is 1. The molecule has 0 unspecified atom stereocenters. The van der Waals surface area contributed by atoms with Crippen LogP contribution in [0.25, 0.3) is 17.6 Å². The molecule has 1 aromatic heterocycles. The van der Waals surface area contributed by atoms with E-state index >= 15 is 0 Å². The number of hydrogen-bond donors (Lipinski definition) is 1. The van der Waals surface area contributed by atoms with Gasteiger partial charge in [0.2, 0.25) is 5.91 Å². The van der Waals surface area contributed by atoms with E-state index in [2.05, 4.69) is 10.1 Å². The maximum atomic E-state index is 12.9. The van der Waals surface area contributed by atoms with E-state index in [0.717, 1.165) is 23.3 Å². The maximum absolute atomic E-state index is 12.9. The smallest absolute Gasteiger partial charge is 0.310 e. The Bertz CT molecular complexity index is 861. The second kappa shape index (κ2) is 5.21. The molecule has 1 aromatic carbocycles. The standard InChI is InChI=1S/C12H9F7N4OS/c13-11(14)7-3-8(5-9(4-7)25(15,16,17,18)19)12-21-6-23(22-12)2-1-10(20)24/h1-6,11H,(H2,20,24)/b2-1-. The summed E-state index contributed by atoms with van der Waals surface area (Å²) in [5.74, 6) is -1.39. The highest BCUT2D eigenvalue weighted by atomic mass is 32.5. The molecule has 0 saturated carbocycles. The Labute approximate surface area is 135 Å². The summed E-state index contributed by atoms with van der Waals surface area (Å²) in [6, 6.07) is 0.250. The summed E-state index contributed by atoms with van der Waals surface area (Å²) < 4.78 is 91.2. The summed E-state index contributed by atoms with van der Waals surface area (Å²) in [5, 5.41) is 3.59. The first-order valence-corrected chi connectivity index (χ1v) is 8.17. The van der Waals surface area contributed by atoms with Crippen molar-refractivity contribution in [1.29, 1.82) is 0 Å². The van der Waals surface area contributed by atoms with Crippen LogP contribution in [0, 0.1) is 0 Å². The Morgan fingerprint density at radius 3 is 2.32 bits per heavy atom. The predicted octanol–water partition coefficient (Wildman–Crippen LogP) is 4.50. The number of rotatable bonds is 5. The number of primary amides is 1. The molecule has 2 N–H and O–H groups in total. The van der Waals surface area contributed by atoms with E-state index in [0.29, 0.717) is 6.07 Å². The molecule has 0 saturated heterocycles. The van der Waals surface area contributed by atoms with Crippen LogP contribution in [0.1, 0.15) is 12.0 Å². The van der Waals surface area contributed by atoms with Crippen LogP contribution >= 0.6 is 10.2 Å². The number of benzene rings is 1. The Morgan fingerprint density at radius 1 is 1.16 bits per heavy atom. The lowest BCUT2D eigenvalue weighted by Crippen LogP contribution is -2.07. The molecule has 25 heavy (non-hydrogen) atoms. The Morgan fingerprint density at radius 2 is 1.80 bits per heavy atom. The topological polar surface area (TPSA) is 73.8 Å². The molecule has 0 aliphatic rings. The monoisotopic (exact) mass is 390 g/mol. The zero-order valence-corrected chi connectivity index (χ0v) is 12.7. The number of carbonyl (C=O) groups excluding carboxylic acids is 1. The minimum atomic E-state index is -10.2. The average molecular weight is 390 g/mol. The largest absolute Gasteiger partial charge is 0.366 e. The molecule has 2 aromatic rings. The molecule has 0 bridgehead atoms. The quantitative estimate of drug-likeness (QED) is 0.604. The van der Waals surface area contributed by atoms with E-state index in [4.69, 9.17) is 5.73 Å². The first kappa shape index (κ1) is 18.8. The van der Waals surface area contributed by atoms with Gasteiger partial charge in [-0.05, 0) is 18.2 Å². The molecule has 0 spiro atoms. The zero-order chi connectivity index (χ0) is 19.1. The lowest BCUT2D eigenvalue weighted by atomic mass is 10.1. The average Bonchev–Trinajstić information content (AvgIpc) is 2.91. The second-order valence-corrected chi connectivity index (χ2v) is 7.24. The van der Waals surface area contributed by atoms with Gasteiger partial charge in [-0.2, -0.15) is 0 Å². The number of hydrogen-bond acceptors (Lipinski definition) is 3. The van der Waals surface area contributed by atoms with Gasteiger partial charge in [0.05, 0.1) is 0 Å². The molecular formula is C12H9F7N4OS. The van der Waals surface area contributed by atoms with Crippen molar-refractivity contribution in [2.75, 3.05) is 0 Å².